The largest absolute Gasteiger partial charge is 0.310 e. The lowest BCUT2D eigenvalue weighted by atomic mass is 9.74. The van der Waals surface area contributed by atoms with Crippen molar-refractivity contribution in [2.24, 2.45) is 0 Å². The van der Waals surface area contributed by atoms with Gasteiger partial charge in [0.25, 0.3) is 0 Å². The lowest BCUT2D eigenvalue weighted by molar-refractivity contribution is 0.630. The average molecular weight is 604 g/mol. The van der Waals surface area contributed by atoms with Gasteiger partial charge >= 0.3 is 0 Å². The number of benzene rings is 6. The SMILES string of the molecule is CC1(C)c2ccccc2-n2c3ccncc3c3cc(N(c4ccc(-c5ccccc5)cc4)c4ccc(-c5ccccc5)cc4)cc1c32. The zero-order valence-corrected chi connectivity index (χ0v) is 26.4. The van der Waals surface area contributed by atoms with Crippen molar-refractivity contribution >= 4 is 38.9 Å². The van der Waals surface area contributed by atoms with Crippen LogP contribution in [-0.2, 0) is 5.41 Å². The summed E-state index contributed by atoms with van der Waals surface area (Å²) in [5, 5.41) is 2.38. The van der Waals surface area contributed by atoms with Crippen LogP contribution in [0.2, 0.25) is 0 Å². The Morgan fingerprint density at radius 2 is 1.06 bits per heavy atom. The molecule has 9 rings (SSSR count). The molecule has 3 nitrogen and oxygen atoms in total. The topological polar surface area (TPSA) is 21.1 Å². The highest BCUT2D eigenvalue weighted by molar-refractivity contribution is 6.12. The number of aromatic nitrogens is 2. The van der Waals surface area contributed by atoms with Gasteiger partial charge in [-0.2, -0.15) is 0 Å². The molecule has 1 aliphatic rings. The monoisotopic (exact) mass is 603 g/mol. The van der Waals surface area contributed by atoms with E-state index in [2.05, 4.69) is 180 Å². The van der Waals surface area contributed by atoms with E-state index in [9.17, 15) is 0 Å². The fraction of sp³-hybridized carbons (Fsp3) is 0.0682. The van der Waals surface area contributed by atoms with Crippen molar-refractivity contribution in [1.82, 2.24) is 9.55 Å². The molecule has 0 bridgehead atoms. The summed E-state index contributed by atoms with van der Waals surface area (Å²) in [5.41, 5.74) is 14.3. The van der Waals surface area contributed by atoms with Crippen molar-refractivity contribution in [3.05, 3.63) is 175 Å². The van der Waals surface area contributed by atoms with Gasteiger partial charge in [0.2, 0.25) is 0 Å². The highest BCUT2D eigenvalue weighted by Crippen LogP contribution is 2.50. The number of anilines is 3. The Morgan fingerprint density at radius 3 is 1.68 bits per heavy atom. The number of rotatable bonds is 5. The van der Waals surface area contributed by atoms with Crippen LogP contribution in [0.1, 0.15) is 25.0 Å². The third kappa shape index (κ3) is 4.31. The Morgan fingerprint density at radius 1 is 0.511 bits per heavy atom. The van der Waals surface area contributed by atoms with Crippen LogP contribution >= 0.6 is 0 Å². The second-order valence-corrected chi connectivity index (χ2v) is 12.9. The summed E-state index contributed by atoms with van der Waals surface area (Å²) in [4.78, 5) is 6.99. The van der Waals surface area contributed by atoms with Crippen LogP contribution < -0.4 is 4.90 Å². The quantitative estimate of drug-likeness (QED) is 0.195. The lowest BCUT2D eigenvalue weighted by Crippen LogP contribution is -2.26. The molecule has 0 unspecified atom stereocenters. The Labute approximate surface area is 275 Å². The zero-order valence-electron chi connectivity index (χ0n) is 26.4. The summed E-state index contributed by atoms with van der Waals surface area (Å²) >= 11 is 0. The van der Waals surface area contributed by atoms with E-state index >= 15 is 0 Å². The summed E-state index contributed by atoms with van der Waals surface area (Å²) in [6, 6.07) is 54.8. The molecule has 0 aliphatic carbocycles. The van der Waals surface area contributed by atoms with E-state index in [1.807, 2.05) is 12.4 Å². The Balaban J connectivity index is 1.28. The molecule has 3 heteroatoms. The molecule has 224 valence electrons. The van der Waals surface area contributed by atoms with Crippen LogP contribution in [0.3, 0.4) is 0 Å². The molecule has 0 N–H and O–H groups in total. The van der Waals surface area contributed by atoms with E-state index < -0.39 is 0 Å². The van der Waals surface area contributed by atoms with E-state index in [4.69, 9.17) is 0 Å². The minimum atomic E-state index is -0.206. The minimum Gasteiger partial charge on any atom is -0.310 e. The Bertz CT molecular complexity index is 2320. The van der Waals surface area contributed by atoms with E-state index in [0.717, 1.165) is 22.4 Å². The van der Waals surface area contributed by atoms with Crippen molar-refractivity contribution in [3.63, 3.8) is 0 Å². The molecule has 6 aromatic carbocycles. The van der Waals surface area contributed by atoms with Crippen LogP contribution in [0, 0.1) is 0 Å². The lowest BCUT2D eigenvalue weighted by Gasteiger charge is -2.36. The predicted octanol–water partition coefficient (Wildman–Crippen LogP) is 11.6. The molecule has 47 heavy (non-hydrogen) atoms. The average Bonchev–Trinajstić information content (AvgIpc) is 3.47. The first-order valence-corrected chi connectivity index (χ1v) is 16.2. The van der Waals surface area contributed by atoms with Gasteiger partial charge in [-0.1, -0.05) is 117 Å². The Hall–Kier alpha value is -5.93. The summed E-state index contributed by atoms with van der Waals surface area (Å²) in [7, 11) is 0. The predicted molar refractivity (Wildman–Crippen MR) is 196 cm³/mol. The van der Waals surface area contributed by atoms with Gasteiger partial charge < -0.3 is 9.47 Å². The first-order chi connectivity index (χ1) is 23.1. The van der Waals surface area contributed by atoms with Crippen LogP contribution in [-0.4, -0.2) is 9.55 Å². The molecule has 0 atom stereocenters. The molecule has 0 saturated carbocycles. The number of fused-ring (bicyclic) bond motifs is 5. The second kappa shape index (κ2) is 10.6. The standard InChI is InChI=1S/C44H33N3/c1-44(2)39-15-9-10-16-42(39)47-41-25-26-45-29-38(41)37-27-36(28-40(44)43(37)47)46(34-21-17-32(18-22-34)30-11-5-3-6-12-30)35-23-19-33(20-24-35)31-13-7-4-8-14-31/h3-29H,1-2H3. The van der Waals surface area contributed by atoms with Crippen LogP contribution in [0.5, 0.6) is 0 Å². The van der Waals surface area contributed by atoms with Crippen LogP contribution in [0.15, 0.2) is 164 Å². The number of para-hydroxylation sites is 1. The fourth-order valence-electron chi connectivity index (χ4n) is 7.49. The maximum absolute atomic E-state index is 4.59. The molecule has 0 radical (unpaired) electrons. The number of hydrogen-bond acceptors (Lipinski definition) is 2. The van der Waals surface area contributed by atoms with E-state index in [-0.39, 0.29) is 5.41 Å². The normalized spacial score (nSPS) is 13.1. The van der Waals surface area contributed by atoms with Gasteiger partial charge in [0.15, 0.2) is 0 Å². The zero-order chi connectivity index (χ0) is 31.5. The number of pyridine rings is 1. The van der Waals surface area contributed by atoms with Gasteiger partial charge in [0.1, 0.15) is 0 Å². The summed E-state index contributed by atoms with van der Waals surface area (Å²) in [6.07, 6.45) is 3.93. The Kier molecular flexibility index (Phi) is 6.16. The van der Waals surface area contributed by atoms with Crippen LogP contribution in [0.4, 0.5) is 17.1 Å². The number of hydrogen-bond donors (Lipinski definition) is 0. The molecule has 2 aromatic heterocycles. The molecule has 3 heterocycles. The first-order valence-electron chi connectivity index (χ1n) is 16.2. The third-order valence-electron chi connectivity index (χ3n) is 9.86. The second-order valence-electron chi connectivity index (χ2n) is 12.9. The smallest absolute Gasteiger partial charge is 0.0584 e. The van der Waals surface area contributed by atoms with Crippen LogP contribution in [0.25, 0.3) is 49.7 Å². The molecule has 0 fully saturated rings. The van der Waals surface area contributed by atoms with E-state index in [1.165, 1.54) is 55.5 Å². The van der Waals surface area contributed by atoms with Gasteiger partial charge in [0.05, 0.1) is 16.7 Å². The van der Waals surface area contributed by atoms with Gasteiger partial charge in [0, 0.05) is 45.6 Å². The molecule has 0 spiro atoms. The van der Waals surface area contributed by atoms with Crippen molar-refractivity contribution in [3.8, 4) is 27.9 Å². The highest BCUT2D eigenvalue weighted by Gasteiger charge is 2.36. The summed E-state index contributed by atoms with van der Waals surface area (Å²) < 4.78 is 2.44. The number of nitrogens with zero attached hydrogens (tertiary/aromatic N) is 3. The van der Waals surface area contributed by atoms with Crippen molar-refractivity contribution in [1.29, 1.82) is 0 Å². The first kappa shape index (κ1) is 27.4. The maximum atomic E-state index is 4.59. The van der Waals surface area contributed by atoms with Gasteiger partial charge in [-0.25, -0.2) is 0 Å². The molecular formula is C44H33N3. The fourth-order valence-corrected chi connectivity index (χ4v) is 7.49. The molecule has 0 amide bonds. The molecule has 0 saturated heterocycles. The van der Waals surface area contributed by atoms with E-state index in [0.29, 0.717) is 0 Å². The summed E-state index contributed by atoms with van der Waals surface area (Å²) in [6.45, 7) is 4.72. The van der Waals surface area contributed by atoms with E-state index in [1.54, 1.807) is 0 Å². The maximum Gasteiger partial charge on any atom is 0.0584 e. The highest BCUT2D eigenvalue weighted by atomic mass is 15.1. The molecule has 8 aromatic rings. The van der Waals surface area contributed by atoms with Crippen molar-refractivity contribution in [2.45, 2.75) is 19.3 Å². The van der Waals surface area contributed by atoms with Crippen molar-refractivity contribution in [2.75, 3.05) is 4.90 Å². The van der Waals surface area contributed by atoms with Crippen molar-refractivity contribution < 1.29 is 0 Å². The summed E-state index contributed by atoms with van der Waals surface area (Å²) in [5.74, 6) is 0. The van der Waals surface area contributed by atoms with Gasteiger partial charge in [-0.15, -0.1) is 0 Å². The molecule has 1 aliphatic heterocycles. The minimum absolute atomic E-state index is 0.206. The molecular weight excluding hydrogens is 571 g/mol. The van der Waals surface area contributed by atoms with Gasteiger partial charge in [-0.3, -0.25) is 4.98 Å². The van der Waals surface area contributed by atoms with Gasteiger partial charge in [-0.05, 0) is 81.9 Å². The third-order valence-corrected chi connectivity index (χ3v) is 9.86.